The highest BCUT2D eigenvalue weighted by atomic mass is 16.6. The standard InChI is InChI=1S/C12H14BNO7/c15-8-4-3-7-9(6-14(18)19)21-13-11(7)12(8)20-5-1-2-10(16)17/h3-4,9,13,15H,1-2,5-6H2,(H,16,17). The quantitative estimate of drug-likeness (QED) is 0.313. The topological polar surface area (TPSA) is 119 Å². The average molecular weight is 295 g/mol. The van der Waals surface area contributed by atoms with Gasteiger partial charge in [0.25, 0.3) is 0 Å². The lowest BCUT2D eigenvalue weighted by molar-refractivity contribution is -0.489. The van der Waals surface area contributed by atoms with Crippen LogP contribution in [0.2, 0.25) is 0 Å². The van der Waals surface area contributed by atoms with Crippen molar-refractivity contribution < 1.29 is 29.3 Å². The molecule has 8 nitrogen and oxygen atoms in total. The van der Waals surface area contributed by atoms with Crippen LogP contribution in [0.3, 0.4) is 0 Å². The number of hydrogen-bond acceptors (Lipinski definition) is 6. The van der Waals surface area contributed by atoms with Crippen molar-refractivity contribution in [2.75, 3.05) is 13.2 Å². The number of hydrogen-bond donors (Lipinski definition) is 2. The third-order valence-corrected chi connectivity index (χ3v) is 3.15. The van der Waals surface area contributed by atoms with Crippen molar-refractivity contribution in [3.05, 3.63) is 27.8 Å². The highest BCUT2D eigenvalue weighted by molar-refractivity contribution is 6.50. The van der Waals surface area contributed by atoms with Crippen LogP contribution in [0.4, 0.5) is 0 Å². The molecule has 0 bridgehead atoms. The number of aromatic hydroxyl groups is 1. The normalized spacial score (nSPS) is 16.1. The number of nitrogens with zero attached hydrogens (tertiary/aromatic N) is 1. The van der Waals surface area contributed by atoms with E-state index in [1.54, 1.807) is 6.07 Å². The van der Waals surface area contributed by atoms with Gasteiger partial charge in [-0.2, -0.15) is 0 Å². The Bertz CT molecular complexity index is 563. The molecule has 0 spiro atoms. The Hall–Kier alpha value is -2.29. The summed E-state index contributed by atoms with van der Waals surface area (Å²) in [6.07, 6.45) is -0.384. The van der Waals surface area contributed by atoms with Crippen LogP contribution >= 0.6 is 0 Å². The van der Waals surface area contributed by atoms with Gasteiger partial charge in [-0.15, -0.1) is 0 Å². The van der Waals surface area contributed by atoms with Gasteiger partial charge in [-0.3, -0.25) is 14.9 Å². The number of fused-ring (bicyclic) bond motifs is 1. The number of phenols is 1. The van der Waals surface area contributed by atoms with Crippen LogP contribution < -0.4 is 10.2 Å². The summed E-state index contributed by atoms with van der Waals surface area (Å²) in [5.74, 6) is -0.798. The Morgan fingerprint density at radius 1 is 1.52 bits per heavy atom. The lowest BCUT2D eigenvalue weighted by Crippen LogP contribution is -2.17. The third-order valence-electron chi connectivity index (χ3n) is 3.15. The predicted octanol–water partition coefficient (Wildman–Crippen LogP) is -0.0394. The first-order chi connectivity index (χ1) is 9.99. The number of ether oxygens (including phenoxy) is 1. The highest BCUT2D eigenvalue weighted by Crippen LogP contribution is 2.31. The van der Waals surface area contributed by atoms with Gasteiger partial charge in [0.2, 0.25) is 6.54 Å². The lowest BCUT2D eigenvalue weighted by atomic mass is 9.85. The molecule has 1 aliphatic rings. The monoisotopic (exact) mass is 295 g/mol. The predicted molar refractivity (Wildman–Crippen MR) is 72.9 cm³/mol. The number of carboxylic acid groups (broad SMARTS) is 1. The second-order valence-electron chi connectivity index (χ2n) is 4.64. The Balaban J connectivity index is 2.10. The van der Waals surface area contributed by atoms with Crippen molar-refractivity contribution in [3.63, 3.8) is 0 Å². The van der Waals surface area contributed by atoms with Gasteiger partial charge in [-0.25, -0.2) is 0 Å². The van der Waals surface area contributed by atoms with E-state index in [4.69, 9.17) is 14.5 Å². The number of phenolic OH excluding ortho intramolecular Hbond substituents is 1. The number of carbonyl (C=O) groups is 1. The summed E-state index contributed by atoms with van der Waals surface area (Å²) in [5.41, 5.74) is 1.20. The first kappa shape index (κ1) is 15.1. The Kier molecular flexibility index (Phi) is 4.64. The van der Waals surface area contributed by atoms with E-state index in [-0.39, 0.29) is 38.6 Å². The SMILES string of the molecule is O=C(O)CCCOc1c(O)ccc2c1BOC2C[N+](=O)[O-]. The fourth-order valence-corrected chi connectivity index (χ4v) is 2.20. The molecule has 0 amide bonds. The largest absolute Gasteiger partial charge is 0.504 e. The molecule has 1 atom stereocenters. The summed E-state index contributed by atoms with van der Waals surface area (Å²) < 4.78 is 10.8. The van der Waals surface area contributed by atoms with Crippen molar-refractivity contribution in [1.82, 2.24) is 0 Å². The van der Waals surface area contributed by atoms with Crippen molar-refractivity contribution in [2.45, 2.75) is 18.9 Å². The molecule has 0 saturated heterocycles. The van der Waals surface area contributed by atoms with E-state index in [0.717, 1.165) is 0 Å². The summed E-state index contributed by atoms with van der Waals surface area (Å²) in [7, 11) is 0.122. The zero-order valence-corrected chi connectivity index (χ0v) is 11.2. The van der Waals surface area contributed by atoms with Crippen LogP contribution in [-0.2, 0) is 9.45 Å². The van der Waals surface area contributed by atoms with Gasteiger partial charge in [0.15, 0.2) is 11.5 Å². The maximum atomic E-state index is 10.6. The van der Waals surface area contributed by atoms with Crippen molar-refractivity contribution in [1.29, 1.82) is 0 Å². The average Bonchev–Trinajstić information content (AvgIpc) is 2.79. The minimum Gasteiger partial charge on any atom is -0.504 e. The maximum Gasteiger partial charge on any atom is 0.314 e. The third kappa shape index (κ3) is 3.63. The molecule has 1 aromatic rings. The number of benzene rings is 1. The van der Waals surface area contributed by atoms with E-state index in [9.17, 15) is 20.0 Å². The molecule has 0 aliphatic carbocycles. The van der Waals surface area contributed by atoms with Gasteiger partial charge in [0.1, 0.15) is 6.10 Å². The molecule has 0 saturated carbocycles. The fourth-order valence-electron chi connectivity index (χ4n) is 2.20. The summed E-state index contributed by atoms with van der Waals surface area (Å²) in [4.78, 5) is 20.5. The van der Waals surface area contributed by atoms with E-state index < -0.39 is 17.0 Å². The molecule has 0 radical (unpaired) electrons. The van der Waals surface area contributed by atoms with Gasteiger partial charge in [-0.05, 0) is 23.5 Å². The van der Waals surface area contributed by atoms with Gasteiger partial charge in [0.05, 0.1) is 6.61 Å². The second kappa shape index (κ2) is 6.44. The van der Waals surface area contributed by atoms with Gasteiger partial charge < -0.3 is 19.6 Å². The summed E-state index contributed by atoms with van der Waals surface area (Å²) in [5, 5.41) is 29.0. The molecule has 1 aliphatic heterocycles. The summed E-state index contributed by atoms with van der Waals surface area (Å²) in [6, 6.07) is 2.98. The first-order valence-corrected chi connectivity index (χ1v) is 6.41. The fraction of sp³-hybridized carbons (Fsp3) is 0.417. The smallest absolute Gasteiger partial charge is 0.314 e. The van der Waals surface area contributed by atoms with Gasteiger partial charge in [0, 0.05) is 11.3 Å². The van der Waals surface area contributed by atoms with Crippen LogP contribution in [0.1, 0.15) is 24.5 Å². The van der Waals surface area contributed by atoms with E-state index in [1.807, 2.05) is 0 Å². The van der Waals surface area contributed by atoms with Crippen LogP contribution in [0.5, 0.6) is 11.5 Å². The van der Waals surface area contributed by atoms with Crippen molar-refractivity contribution in [3.8, 4) is 11.5 Å². The Labute approximate surface area is 120 Å². The minimum absolute atomic E-state index is 0.0315. The number of aliphatic carboxylic acids is 1. The number of nitro groups is 1. The molecule has 112 valence electrons. The van der Waals surface area contributed by atoms with E-state index in [0.29, 0.717) is 17.4 Å². The van der Waals surface area contributed by atoms with E-state index in [1.165, 1.54) is 6.07 Å². The zero-order valence-electron chi connectivity index (χ0n) is 11.2. The number of carboxylic acids is 1. The lowest BCUT2D eigenvalue weighted by Gasteiger charge is -2.12. The molecule has 0 fully saturated rings. The molecule has 2 N–H and O–H groups in total. The molecule has 0 aromatic heterocycles. The summed E-state index contributed by atoms with van der Waals surface area (Å²) in [6.45, 7) is -0.216. The molecule has 21 heavy (non-hydrogen) atoms. The molecule has 1 aromatic carbocycles. The maximum absolute atomic E-state index is 10.6. The molecule has 9 heteroatoms. The Morgan fingerprint density at radius 3 is 2.95 bits per heavy atom. The van der Waals surface area contributed by atoms with Crippen LogP contribution in [0.15, 0.2) is 12.1 Å². The molecule has 2 rings (SSSR count). The molecular weight excluding hydrogens is 281 g/mol. The van der Waals surface area contributed by atoms with Gasteiger partial charge >= 0.3 is 13.5 Å². The first-order valence-electron chi connectivity index (χ1n) is 6.41. The molecule has 1 unspecified atom stereocenters. The van der Waals surface area contributed by atoms with Gasteiger partial charge in [-0.1, -0.05) is 6.07 Å². The van der Waals surface area contributed by atoms with Crippen LogP contribution in [0.25, 0.3) is 0 Å². The molecular formula is C12H14BNO7. The van der Waals surface area contributed by atoms with E-state index >= 15 is 0 Å². The van der Waals surface area contributed by atoms with Crippen molar-refractivity contribution >= 4 is 18.9 Å². The summed E-state index contributed by atoms with van der Waals surface area (Å²) >= 11 is 0. The van der Waals surface area contributed by atoms with E-state index in [2.05, 4.69) is 0 Å². The highest BCUT2D eigenvalue weighted by Gasteiger charge is 2.32. The second-order valence-corrected chi connectivity index (χ2v) is 4.64. The Morgan fingerprint density at radius 2 is 2.29 bits per heavy atom. The van der Waals surface area contributed by atoms with Crippen molar-refractivity contribution in [2.24, 2.45) is 0 Å². The molecule has 1 heterocycles. The van der Waals surface area contributed by atoms with Crippen LogP contribution in [-0.4, -0.2) is 41.7 Å². The zero-order chi connectivity index (χ0) is 15.4. The van der Waals surface area contributed by atoms with Crippen LogP contribution in [0, 0.1) is 10.1 Å². The minimum atomic E-state index is -0.921. The number of rotatable bonds is 7.